The van der Waals surface area contributed by atoms with Crippen LogP contribution >= 0.6 is 0 Å². The summed E-state index contributed by atoms with van der Waals surface area (Å²) in [5.74, 6) is 1.25. The van der Waals surface area contributed by atoms with Gasteiger partial charge in [0.2, 0.25) is 0 Å². The molecule has 0 saturated carbocycles. The lowest BCUT2D eigenvalue weighted by molar-refractivity contribution is 0.264. The fourth-order valence-corrected chi connectivity index (χ4v) is 3.07. The molecule has 2 radical (unpaired) electrons. The van der Waals surface area contributed by atoms with Gasteiger partial charge in [-0.3, -0.25) is 0 Å². The Morgan fingerprint density at radius 3 is 2.53 bits per heavy atom. The highest BCUT2D eigenvalue weighted by molar-refractivity contribution is 6.08. The van der Waals surface area contributed by atoms with Gasteiger partial charge in [0.15, 0.2) is 0 Å². The molecule has 2 rings (SSSR count). The fourth-order valence-electron chi connectivity index (χ4n) is 3.07. The second kappa shape index (κ2) is 3.70. The van der Waals surface area contributed by atoms with Crippen molar-refractivity contribution in [2.45, 2.75) is 39.4 Å². The summed E-state index contributed by atoms with van der Waals surface area (Å²) in [6.07, 6.45) is 1.96. The molecule has 0 fully saturated rings. The third kappa shape index (κ3) is 1.84. The van der Waals surface area contributed by atoms with Crippen molar-refractivity contribution in [1.82, 2.24) is 0 Å². The van der Waals surface area contributed by atoms with Crippen LogP contribution < -0.4 is 0 Å². The van der Waals surface area contributed by atoms with E-state index in [1.165, 1.54) is 11.1 Å². The van der Waals surface area contributed by atoms with Gasteiger partial charge in [-0.1, -0.05) is 51.4 Å². The third-order valence-corrected chi connectivity index (χ3v) is 3.58. The van der Waals surface area contributed by atoms with E-state index in [4.69, 9.17) is 7.85 Å². The zero-order chi connectivity index (χ0) is 11.1. The molecule has 0 bridgehead atoms. The highest BCUT2D eigenvalue weighted by Crippen LogP contribution is 2.49. The van der Waals surface area contributed by atoms with Crippen LogP contribution in [-0.4, -0.2) is 7.85 Å². The van der Waals surface area contributed by atoms with Crippen LogP contribution in [0.2, 0.25) is 6.32 Å². The first-order chi connectivity index (χ1) is 7.04. The Balaban J connectivity index is 2.43. The van der Waals surface area contributed by atoms with Crippen LogP contribution in [0.4, 0.5) is 0 Å². The Hall–Kier alpha value is -0.715. The lowest BCUT2D eigenvalue weighted by Crippen LogP contribution is -2.22. The number of fused-ring (bicyclic) bond motifs is 1. The van der Waals surface area contributed by atoms with E-state index >= 15 is 0 Å². The first-order valence-corrected chi connectivity index (χ1v) is 5.82. The Morgan fingerprint density at radius 2 is 1.93 bits per heavy atom. The fraction of sp³-hybridized carbons (Fsp3) is 0.571. The van der Waals surface area contributed by atoms with Gasteiger partial charge in [-0.25, -0.2) is 0 Å². The number of benzene rings is 1. The largest absolute Gasteiger partial charge is 0.0850 e. The first kappa shape index (κ1) is 10.8. The Labute approximate surface area is 94.5 Å². The van der Waals surface area contributed by atoms with Gasteiger partial charge in [0, 0.05) is 0 Å². The normalized spacial score (nSPS) is 25.3. The van der Waals surface area contributed by atoms with Crippen molar-refractivity contribution < 1.29 is 0 Å². The maximum Gasteiger partial charge on any atom is 0.0657 e. The van der Waals surface area contributed by atoms with Crippen LogP contribution in [0.1, 0.15) is 37.8 Å². The molecule has 1 aliphatic carbocycles. The van der Waals surface area contributed by atoms with E-state index in [1.807, 2.05) is 0 Å². The molecule has 0 aliphatic heterocycles. The molecule has 2 atom stereocenters. The van der Waals surface area contributed by atoms with Gasteiger partial charge in [0.05, 0.1) is 7.85 Å². The van der Waals surface area contributed by atoms with Gasteiger partial charge in [-0.05, 0) is 34.8 Å². The third-order valence-electron chi connectivity index (χ3n) is 3.58. The van der Waals surface area contributed by atoms with Gasteiger partial charge in [0.1, 0.15) is 0 Å². The topological polar surface area (TPSA) is 0 Å². The lowest BCUT2D eigenvalue weighted by Gasteiger charge is -2.33. The van der Waals surface area contributed by atoms with Gasteiger partial charge < -0.3 is 0 Å². The summed E-state index contributed by atoms with van der Waals surface area (Å²) in [4.78, 5) is 0. The number of rotatable bonds is 1. The molecule has 2 unspecified atom stereocenters. The molecule has 0 N–H and O–H groups in total. The molecule has 1 aromatic rings. The highest BCUT2D eigenvalue weighted by atomic mass is 14.4. The van der Waals surface area contributed by atoms with E-state index < -0.39 is 0 Å². The summed E-state index contributed by atoms with van der Waals surface area (Å²) in [7, 11) is 5.90. The van der Waals surface area contributed by atoms with Crippen molar-refractivity contribution in [3.8, 4) is 0 Å². The minimum atomic E-state index is 0.316. The summed E-state index contributed by atoms with van der Waals surface area (Å²) in [5, 5.41) is 0. The van der Waals surface area contributed by atoms with E-state index in [0.717, 1.165) is 12.7 Å². The summed E-state index contributed by atoms with van der Waals surface area (Å²) in [5.41, 5.74) is 3.35. The Kier molecular flexibility index (Phi) is 2.66. The standard InChI is InChI=1S/C14H19B/c1-14(2,3)13-11(9-15)8-10-6-4-5-7-12(10)13/h4-7,11,13H,8-9H2,1-3H3. The molecule has 1 heteroatoms. The minimum Gasteiger partial charge on any atom is -0.0850 e. The van der Waals surface area contributed by atoms with Crippen LogP contribution in [0.5, 0.6) is 0 Å². The van der Waals surface area contributed by atoms with Crippen molar-refractivity contribution in [3.63, 3.8) is 0 Å². The zero-order valence-electron chi connectivity index (χ0n) is 9.96. The molecule has 78 valence electrons. The van der Waals surface area contributed by atoms with Crippen molar-refractivity contribution in [2.24, 2.45) is 11.3 Å². The smallest absolute Gasteiger partial charge is 0.0657 e. The molecule has 0 nitrogen and oxygen atoms in total. The van der Waals surface area contributed by atoms with Crippen LogP contribution in [0, 0.1) is 11.3 Å². The summed E-state index contributed by atoms with van der Waals surface area (Å²) in [6.45, 7) is 6.97. The molecule has 0 spiro atoms. The van der Waals surface area contributed by atoms with Gasteiger partial charge in [-0.2, -0.15) is 0 Å². The van der Waals surface area contributed by atoms with Crippen molar-refractivity contribution in [1.29, 1.82) is 0 Å². The van der Waals surface area contributed by atoms with Crippen molar-refractivity contribution in [2.75, 3.05) is 0 Å². The maximum absolute atomic E-state index is 5.90. The second-order valence-corrected chi connectivity index (χ2v) is 5.74. The molecular formula is C14H19B. The van der Waals surface area contributed by atoms with Gasteiger partial charge in [0.25, 0.3) is 0 Å². The lowest BCUT2D eigenvalue weighted by atomic mass is 9.69. The van der Waals surface area contributed by atoms with E-state index in [1.54, 1.807) is 0 Å². The summed E-state index contributed by atoms with van der Waals surface area (Å²) in [6, 6.07) is 8.82. The molecule has 0 saturated heterocycles. The van der Waals surface area contributed by atoms with E-state index in [9.17, 15) is 0 Å². The molecule has 0 aromatic heterocycles. The number of hydrogen-bond acceptors (Lipinski definition) is 0. The predicted octanol–water partition coefficient (Wildman–Crippen LogP) is 3.58. The second-order valence-electron chi connectivity index (χ2n) is 5.74. The zero-order valence-corrected chi connectivity index (χ0v) is 9.96. The SMILES string of the molecule is [B]CC1Cc2ccccc2C1C(C)(C)C. The Morgan fingerprint density at radius 1 is 1.27 bits per heavy atom. The summed E-state index contributed by atoms with van der Waals surface area (Å²) < 4.78 is 0. The molecule has 0 amide bonds. The minimum absolute atomic E-state index is 0.316. The monoisotopic (exact) mass is 198 g/mol. The molecule has 1 aromatic carbocycles. The predicted molar refractivity (Wildman–Crippen MR) is 66.4 cm³/mol. The van der Waals surface area contributed by atoms with E-state index in [-0.39, 0.29) is 0 Å². The van der Waals surface area contributed by atoms with Crippen molar-refractivity contribution >= 4 is 7.85 Å². The van der Waals surface area contributed by atoms with Gasteiger partial charge >= 0.3 is 0 Å². The number of hydrogen-bond donors (Lipinski definition) is 0. The quantitative estimate of drug-likeness (QED) is 0.605. The van der Waals surface area contributed by atoms with Crippen LogP contribution in [0.15, 0.2) is 24.3 Å². The summed E-state index contributed by atoms with van der Waals surface area (Å²) >= 11 is 0. The van der Waals surface area contributed by atoms with Gasteiger partial charge in [-0.15, -0.1) is 0 Å². The molecule has 15 heavy (non-hydrogen) atoms. The molecular weight excluding hydrogens is 179 g/mol. The van der Waals surface area contributed by atoms with Crippen LogP contribution in [-0.2, 0) is 6.42 Å². The van der Waals surface area contributed by atoms with E-state index in [0.29, 0.717) is 17.3 Å². The average molecular weight is 198 g/mol. The average Bonchev–Trinajstić information content (AvgIpc) is 2.54. The Bertz CT molecular complexity index is 349. The molecule has 0 heterocycles. The van der Waals surface area contributed by atoms with Crippen LogP contribution in [0.25, 0.3) is 0 Å². The van der Waals surface area contributed by atoms with Crippen LogP contribution in [0.3, 0.4) is 0 Å². The molecule has 1 aliphatic rings. The van der Waals surface area contributed by atoms with Crippen molar-refractivity contribution in [3.05, 3.63) is 35.4 Å². The maximum atomic E-state index is 5.90. The van der Waals surface area contributed by atoms with E-state index in [2.05, 4.69) is 45.0 Å². The first-order valence-electron chi connectivity index (χ1n) is 5.82. The highest BCUT2D eigenvalue weighted by Gasteiger charge is 2.38.